The molecule has 1 amide bonds. The van der Waals surface area contributed by atoms with Crippen LogP contribution in [-0.2, 0) is 11.3 Å². The lowest BCUT2D eigenvalue weighted by molar-refractivity contribution is 0.110. The van der Waals surface area contributed by atoms with Crippen molar-refractivity contribution >= 4 is 6.09 Å². The highest BCUT2D eigenvalue weighted by molar-refractivity contribution is 5.70. The Morgan fingerprint density at radius 2 is 1.65 bits per heavy atom. The molecule has 0 N–H and O–H groups in total. The molecule has 0 saturated carbocycles. The molecule has 0 aliphatic carbocycles. The van der Waals surface area contributed by atoms with Crippen LogP contribution in [0.2, 0.25) is 0 Å². The van der Waals surface area contributed by atoms with Crippen LogP contribution in [0.25, 0.3) is 0 Å². The molecule has 0 aromatic heterocycles. The zero-order valence-electron chi connectivity index (χ0n) is 19.4. The first-order valence-electron chi connectivity index (χ1n) is 11.8. The number of piperidine rings is 1. The van der Waals surface area contributed by atoms with E-state index in [0.717, 1.165) is 43.8 Å². The molecule has 176 valence electrons. The van der Waals surface area contributed by atoms with Crippen molar-refractivity contribution in [3.05, 3.63) is 90.0 Å². The number of amides is 1. The molecule has 0 radical (unpaired) electrons. The number of hydrogen-bond donors (Lipinski definition) is 0. The van der Waals surface area contributed by atoms with Crippen LogP contribution in [-0.4, -0.2) is 48.7 Å². The Hall–Kier alpha value is -3.51. The van der Waals surface area contributed by atoms with Crippen LogP contribution in [0.1, 0.15) is 30.1 Å². The molecule has 3 aromatic carbocycles. The number of para-hydroxylation sites is 2. The molecule has 2 aliphatic heterocycles. The zero-order valence-corrected chi connectivity index (χ0v) is 19.4. The molecule has 1 unspecified atom stereocenters. The summed E-state index contributed by atoms with van der Waals surface area (Å²) >= 11 is 0. The molecule has 34 heavy (non-hydrogen) atoms. The standard InChI is InChI=1S/C28H30N2O4/c1-32-25-12-5-6-13-26(25)33-24-11-7-8-21(18-24)19-29-16-14-23(15-17-29)30-20-27(34-28(30)31)22-9-3-2-4-10-22/h2-13,18,23,27H,14-17,19-20H2,1H3. The van der Waals surface area contributed by atoms with Gasteiger partial charge in [0.25, 0.3) is 0 Å². The molecule has 2 heterocycles. The molecule has 6 nitrogen and oxygen atoms in total. The molecule has 1 atom stereocenters. The van der Waals surface area contributed by atoms with Crippen molar-refractivity contribution in [2.24, 2.45) is 0 Å². The first-order chi connectivity index (χ1) is 16.7. The second kappa shape index (κ2) is 10.2. The van der Waals surface area contributed by atoms with E-state index in [9.17, 15) is 4.79 Å². The van der Waals surface area contributed by atoms with Crippen molar-refractivity contribution in [1.82, 2.24) is 9.80 Å². The van der Waals surface area contributed by atoms with Gasteiger partial charge in [0.1, 0.15) is 11.9 Å². The maximum atomic E-state index is 12.5. The first-order valence-corrected chi connectivity index (χ1v) is 11.8. The Labute approximate surface area is 200 Å². The second-order valence-corrected chi connectivity index (χ2v) is 8.84. The van der Waals surface area contributed by atoms with E-state index in [0.29, 0.717) is 18.0 Å². The summed E-state index contributed by atoms with van der Waals surface area (Å²) in [5, 5.41) is 0. The van der Waals surface area contributed by atoms with Gasteiger partial charge in [-0.25, -0.2) is 4.79 Å². The minimum atomic E-state index is -0.187. The number of carbonyl (C=O) groups is 1. The molecule has 2 aliphatic rings. The number of benzene rings is 3. The van der Waals surface area contributed by atoms with E-state index in [-0.39, 0.29) is 18.2 Å². The van der Waals surface area contributed by atoms with Gasteiger partial charge in [0.2, 0.25) is 0 Å². The number of likely N-dealkylation sites (tertiary alicyclic amines) is 1. The Morgan fingerprint density at radius 1 is 0.912 bits per heavy atom. The van der Waals surface area contributed by atoms with Gasteiger partial charge in [-0.3, -0.25) is 4.90 Å². The fourth-order valence-corrected chi connectivity index (χ4v) is 4.80. The maximum absolute atomic E-state index is 12.5. The van der Waals surface area contributed by atoms with Gasteiger partial charge in [0, 0.05) is 25.7 Å². The molecular formula is C28H30N2O4. The van der Waals surface area contributed by atoms with Crippen LogP contribution in [0.5, 0.6) is 17.2 Å². The average Bonchev–Trinajstić information content (AvgIpc) is 3.27. The minimum absolute atomic E-state index is 0.169. The van der Waals surface area contributed by atoms with Gasteiger partial charge in [-0.2, -0.15) is 0 Å². The summed E-state index contributed by atoms with van der Waals surface area (Å²) in [6.07, 6.45) is 1.55. The van der Waals surface area contributed by atoms with E-state index in [1.807, 2.05) is 71.6 Å². The van der Waals surface area contributed by atoms with Crippen molar-refractivity contribution in [3.63, 3.8) is 0 Å². The summed E-state index contributed by atoms with van der Waals surface area (Å²) in [6.45, 7) is 3.38. The van der Waals surface area contributed by atoms with Crippen LogP contribution in [0, 0.1) is 0 Å². The normalized spacial score (nSPS) is 19.1. The Kier molecular flexibility index (Phi) is 6.67. The smallest absolute Gasteiger partial charge is 0.410 e. The van der Waals surface area contributed by atoms with Gasteiger partial charge in [0.05, 0.1) is 13.7 Å². The topological polar surface area (TPSA) is 51.2 Å². The average molecular weight is 459 g/mol. The van der Waals surface area contributed by atoms with E-state index in [1.165, 1.54) is 5.56 Å². The molecule has 6 heteroatoms. The highest BCUT2D eigenvalue weighted by Crippen LogP contribution is 2.32. The van der Waals surface area contributed by atoms with E-state index >= 15 is 0 Å². The van der Waals surface area contributed by atoms with Crippen molar-refractivity contribution < 1.29 is 19.0 Å². The Morgan fingerprint density at radius 3 is 2.41 bits per heavy atom. The summed E-state index contributed by atoms with van der Waals surface area (Å²) in [5.41, 5.74) is 2.27. The number of hydrogen-bond acceptors (Lipinski definition) is 5. The molecule has 3 aromatic rings. The van der Waals surface area contributed by atoms with Gasteiger partial charge in [-0.05, 0) is 48.2 Å². The number of ether oxygens (including phenoxy) is 3. The van der Waals surface area contributed by atoms with Crippen LogP contribution in [0.15, 0.2) is 78.9 Å². The van der Waals surface area contributed by atoms with Crippen LogP contribution < -0.4 is 9.47 Å². The first kappa shape index (κ1) is 22.3. The summed E-state index contributed by atoms with van der Waals surface area (Å²) in [7, 11) is 1.64. The number of rotatable bonds is 7. The van der Waals surface area contributed by atoms with Crippen molar-refractivity contribution in [1.29, 1.82) is 0 Å². The summed E-state index contributed by atoms with van der Waals surface area (Å²) < 4.78 is 17.1. The third-order valence-electron chi connectivity index (χ3n) is 6.61. The van der Waals surface area contributed by atoms with E-state index in [1.54, 1.807) is 7.11 Å². The third kappa shape index (κ3) is 5.02. The molecular weight excluding hydrogens is 428 g/mol. The minimum Gasteiger partial charge on any atom is -0.493 e. The lowest BCUT2D eigenvalue weighted by Gasteiger charge is -2.35. The summed E-state index contributed by atoms with van der Waals surface area (Å²) in [6, 6.07) is 26.1. The largest absolute Gasteiger partial charge is 0.493 e. The van der Waals surface area contributed by atoms with Gasteiger partial charge in [0.15, 0.2) is 11.5 Å². The van der Waals surface area contributed by atoms with Gasteiger partial charge in [-0.1, -0.05) is 54.6 Å². The maximum Gasteiger partial charge on any atom is 0.410 e. The molecule has 0 spiro atoms. The van der Waals surface area contributed by atoms with Gasteiger partial charge in [-0.15, -0.1) is 0 Å². The van der Waals surface area contributed by atoms with Crippen LogP contribution >= 0.6 is 0 Å². The number of cyclic esters (lactones) is 1. The van der Waals surface area contributed by atoms with Crippen LogP contribution in [0.4, 0.5) is 4.79 Å². The molecule has 5 rings (SSSR count). The predicted molar refractivity (Wildman–Crippen MR) is 130 cm³/mol. The SMILES string of the molecule is COc1ccccc1Oc1cccc(CN2CCC(N3CC(c4ccccc4)OC3=O)CC2)c1. The lowest BCUT2D eigenvalue weighted by Crippen LogP contribution is -2.45. The number of carbonyl (C=O) groups excluding carboxylic acids is 1. The van der Waals surface area contributed by atoms with Crippen LogP contribution in [0.3, 0.4) is 0 Å². The van der Waals surface area contributed by atoms with Crippen molar-refractivity contribution in [3.8, 4) is 17.2 Å². The third-order valence-corrected chi connectivity index (χ3v) is 6.61. The highest BCUT2D eigenvalue weighted by atomic mass is 16.6. The quantitative estimate of drug-likeness (QED) is 0.458. The van der Waals surface area contributed by atoms with Gasteiger partial charge < -0.3 is 19.1 Å². The van der Waals surface area contributed by atoms with Gasteiger partial charge >= 0.3 is 6.09 Å². The molecule has 0 bridgehead atoms. The van der Waals surface area contributed by atoms with E-state index in [2.05, 4.69) is 17.0 Å². The Balaban J connectivity index is 1.15. The zero-order chi connectivity index (χ0) is 23.3. The monoisotopic (exact) mass is 458 g/mol. The summed E-state index contributed by atoms with van der Waals surface area (Å²) in [5.74, 6) is 2.21. The summed E-state index contributed by atoms with van der Waals surface area (Å²) in [4.78, 5) is 16.9. The lowest BCUT2D eigenvalue weighted by atomic mass is 10.0. The highest BCUT2D eigenvalue weighted by Gasteiger charge is 2.38. The van der Waals surface area contributed by atoms with Crippen molar-refractivity contribution in [2.75, 3.05) is 26.7 Å². The number of nitrogens with zero attached hydrogens (tertiary/aromatic N) is 2. The second-order valence-electron chi connectivity index (χ2n) is 8.84. The molecule has 2 fully saturated rings. The molecule has 2 saturated heterocycles. The fraction of sp³-hybridized carbons (Fsp3) is 0.321. The van der Waals surface area contributed by atoms with E-state index in [4.69, 9.17) is 14.2 Å². The Bertz CT molecular complexity index is 1110. The number of methoxy groups -OCH3 is 1. The van der Waals surface area contributed by atoms with E-state index < -0.39 is 0 Å². The predicted octanol–water partition coefficient (Wildman–Crippen LogP) is 5.65. The van der Waals surface area contributed by atoms with Crippen molar-refractivity contribution in [2.45, 2.75) is 31.5 Å². The fourth-order valence-electron chi connectivity index (χ4n) is 4.80.